The van der Waals surface area contributed by atoms with E-state index in [1.807, 2.05) is 61.5 Å². The standard InChI is InChI=1S/C21H24N2O4/c1-2-26-12-11-18-20(24)23-19(21(25)22-18)14-15-7-6-10-17(13-15)27-16-8-4-3-5-9-16/h3-10,13,18-19H,2,11-12,14H2,1H3,(H,22,25)(H,23,24). The maximum Gasteiger partial charge on any atom is 0.243 e. The Balaban J connectivity index is 1.60. The molecule has 2 aromatic rings. The Kier molecular flexibility index (Phi) is 6.44. The summed E-state index contributed by atoms with van der Waals surface area (Å²) in [6, 6.07) is 15.9. The lowest BCUT2D eigenvalue weighted by Crippen LogP contribution is -2.62. The average molecular weight is 368 g/mol. The molecule has 2 N–H and O–H groups in total. The predicted octanol–water partition coefficient (Wildman–Crippen LogP) is 2.43. The first-order valence-electron chi connectivity index (χ1n) is 9.16. The molecule has 1 fully saturated rings. The van der Waals surface area contributed by atoms with Crippen molar-refractivity contribution in [3.05, 3.63) is 60.2 Å². The van der Waals surface area contributed by atoms with Crippen molar-refractivity contribution in [2.24, 2.45) is 0 Å². The molecule has 0 saturated carbocycles. The molecule has 6 nitrogen and oxygen atoms in total. The van der Waals surface area contributed by atoms with E-state index in [2.05, 4.69) is 10.6 Å². The lowest BCUT2D eigenvalue weighted by molar-refractivity contribution is -0.137. The van der Waals surface area contributed by atoms with Crippen molar-refractivity contribution >= 4 is 11.8 Å². The third-order valence-corrected chi connectivity index (χ3v) is 4.34. The Morgan fingerprint density at radius 3 is 2.37 bits per heavy atom. The molecule has 1 saturated heterocycles. The maximum atomic E-state index is 12.4. The van der Waals surface area contributed by atoms with Gasteiger partial charge in [0.1, 0.15) is 23.6 Å². The fraction of sp³-hybridized carbons (Fsp3) is 0.333. The van der Waals surface area contributed by atoms with E-state index in [1.165, 1.54) is 0 Å². The topological polar surface area (TPSA) is 76.7 Å². The predicted molar refractivity (Wildman–Crippen MR) is 102 cm³/mol. The molecule has 2 amide bonds. The molecular formula is C21H24N2O4. The molecule has 27 heavy (non-hydrogen) atoms. The minimum absolute atomic E-state index is 0.170. The van der Waals surface area contributed by atoms with Crippen LogP contribution in [0.4, 0.5) is 0 Å². The van der Waals surface area contributed by atoms with Crippen LogP contribution in [0.25, 0.3) is 0 Å². The monoisotopic (exact) mass is 368 g/mol. The largest absolute Gasteiger partial charge is 0.457 e. The summed E-state index contributed by atoms with van der Waals surface area (Å²) in [5.74, 6) is 1.09. The van der Waals surface area contributed by atoms with Crippen molar-refractivity contribution in [2.75, 3.05) is 13.2 Å². The summed E-state index contributed by atoms with van der Waals surface area (Å²) in [5.41, 5.74) is 0.914. The summed E-state index contributed by atoms with van der Waals surface area (Å²) >= 11 is 0. The van der Waals surface area contributed by atoms with Gasteiger partial charge in [-0.2, -0.15) is 0 Å². The van der Waals surface area contributed by atoms with Crippen molar-refractivity contribution < 1.29 is 19.1 Å². The molecule has 0 radical (unpaired) electrons. The van der Waals surface area contributed by atoms with Crippen LogP contribution in [0.5, 0.6) is 11.5 Å². The highest BCUT2D eigenvalue weighted by Gasteiger charge is 2.33. The van der Waals surface area contributed by atoms with Crippen molar-refractivity contribution in [1.82, 2.24) is 10.6 Å². The van der Waals surface area contributed by atoms with Crippen molar-refractivity contribution in [3.8, 4) is 11.5 Å². The molecule has 1 aliphatic heterocycles. The number of piperazine rings is 1. The van der Waals surface area contributed by atoms with Crippen molar-refractivity contribution in [2.45, 2.75) is 31.8 Å². The summed E-state index contributed by atoms with van der Waals surface area (Å²) < 4.78 is 11.1. The number of rotatable bonds is 8. The van der Waals surface area contributed by atoms with Gasteiger partial charge in [0, 0.05) is 19.6 Å². The van der Waals surface area contributed by atoms with Gasteiger partial charge in [0.2, 0.25) is 11.8 Å². The Labute approximate surface area is 158 Å². The van der Waals surface area contributed by atoms with E-state index in [0.717, 1.165) is 11.3 Å². The number of carbonyl (C=O) groups excluding carboxylic acids is 2. The van der Waals surface area contributed by atoms with Gasteiger partial charge in [-0.3, -0.25) is 9.59 Å². The first-order valence-corrected chi connectivity index (χ1v) is 9.16. The van der Waals surface area contributed by atoms with Gasteiger partial charge in [-0.05, 0) is 43.2 Å². The Bertz CT molecular complexity index is 779. The number of nitrogens with one attached hydrogen (secondary N) is 2. The van der Waals surface area contributed by atoms with Crippen LogP contribution in [0.3, 0.4) is 0 Å². The molecule has 1 aliphatic rings. The third-order valence-electron chi connectivity index (χ3n) is 4.34. The molecule has 2 aromatic carbocycles. The summed E-state index contributed by atoms with van der Waals surface area (Å²) in [7, 11) is 0. The number of hydrogen-bond acceptors (Lipinski definition) is 4. The molecular weight excluding hydrogens is 344 g/mol. The second-order valence-electron chi connectivity index (χ2n) is 6.37. The zero-order valence-electron chi connectivity index (χ0n) is 15.3. The highest BCUT2D eigenvalue weighted by atomic mass is 16.5. The van der Waals surface area contributed by atoms with E-state index in [0.29, 0.717) is 31.8 Å². The molecule has 0 aromatic heterocycles. The van der Waals surface area contributed by atoms with Gasteiger partial charge in [-0.1, -0.05) is 30.3 Å². The smallest absolute Gasteiger partial charge is 0.243 e. The van der Waals surface area contributed by atoms with Crippen LogP contribution < -0.4 is 15.4 Å². The van der Waals surface area contributed by atoms with Crippen molar-refractivity contribution in [1.29, 1.82) is 0 Å². The maximum absolute atomic E-state index is 12.4. The van der Waals surface area contributed by atoms with Gasteiger partial charge in [0.25, 0.3) is 0 Å². The lowest BCUT2D eigenvalue weighted by atomic mass is 10.0. The summed E-state index contributed by atoms with van der Waals surface area (Å²) in [6.07, 6.45) is 0.875. The summed E-state index contributed by atoms with van der Waals surface area (Å²) in [6.45, 7) is 2.93. The number of amides is 2. The molecule has 142 valence electrons. The normalized spacial score (nSPS) is 19.3. The summed E-state index contributed by atoms with van der Waals surface area (Å²) in [4.78, 5) is 24.6. The number of benzene rings is 2. The Hall–Kier alpha value is -2.86. The molecule has 0 spiro atoms. The van der Waals surface area contributed by atoms with Gasteiger partial charge in [-0.15, -0.1) is 0 Å². The molecule has 6 heteroatoms. The molecule has 1 heterocycles. The average Bonchev–Trinajstić information content (AvgIpc) is 2.67. The van der Waals surface area contributed by atoms with Gasteiger partial charge >= 0.3 is 0 Å². The highest BCUT2D eigenvalue weighted by Crippen LogP contribution is 2.22. The molecule has 2 atom stereocenters. The van der Waals surface area contributed by atoms with Crippen LogP contribution in [0.2, 0.25) is 0 Å². The lowest BCUT2D eigenvalue weighted by Gasteiger charge is -2.29. The molecule has 0 bridgehead atoms. The van der Waals surface area contributed by atoms with Crippen LogP contribution >= 0.6 is 0 Å². The van der Waals surface area contributed by atoms with Crippen molar-refractivity contribution in [3.63, 3.8) is 0 Å². The number of hydrogen-bond donors (Lipinski definition) is 2. The zero-order chi connectivity index (χ0) is 19.1. The van der Waals surface area contributed by atoms with E-state index in [-0.39, 0.29) is 11.8 Å². The van der Waals surface area contributed by atoms with Crippen LogP contribution in [0.15, 0.2) is 54.6 Å². The summed E-state index contributed by atoms with van der Waals surface area (Å²) in [5, 5.41) is 5.60. The van der Waals surface area contributed by atoms with Gasteiger partial charge < -0.3 is 20.1 Å². The van der Waals surface area contributed by atoms with E-state index >= 15 is 0 Å². The van der Waals surface area contributed by atoms with Crippen LogP contribution in [-0.2, 0) is 20.7 Å². The fourth-order valence-electron chi connectivity index (χ4n) is 2.96. The second-order valence-corrected chi connectivity index (χ2v) is 6.37. The quantitative estimate of drug-likeness (QED) is 0.702. The highest BCUT2D eigenvalue weighted by molar-refractivity contribution is 5.97. The number of ether oxygens (including phenoxy) is 2. The van der Waals surface area contributed by atoms with E-state index in [4.69, 9.17) is 9.47 Å². The molecule has 0 aliphatic carbocycles. The van der Waals surface area contributed by atoms with Crippen LogP contribution in [0, 0.1) is 0 Å². The minimum Gasteiger partial charge on any atom is -0.457 e. The number of carbonyl (C=O) groups is 2. The first kappa shape index (κ1) is 18.9. The zero-order valence-corrected chi connectivity index (χ0v) is 15.3. The molecule has 2 unspecified atom stereocenters. The van der Waals surface area contributed by atoms with E-state index in [1.54, 1.807) is 0 Å². The Morgan fingerprint density at radius 1 is 0.889 bits per heavy atom. The first-order chi connectivity index (χ1) is 13.2. The van der Waals surface area contributed by atoms with Gasteiger partial charge in [-0.25, -0.2) is 0 Å². The van der Waals surface area contributed by atoms with E-state index < -0.39 is 12.1 Å². The Morgan fingerprint density at radius 2 is 1.59 bits per heavy atom. The van der Waals surface area contributed by atoms with Gasteiger partial charge in [0.15, 0.2) is 0 Å². The van der Waals surface area contributed by atoms with Crippen LogP contribution in [-0.4, -0.2) is 37.1 Å². The SMILES string of the molecule is CCOCCC1NC(=O)C(Cc2cccc(Oc3ccccc3)c2)NC1=O. The fourth-order valence-corrected chi connectivity index (χ4v) is 2.96. The second kappa shape index (κ2) is 9.19. The van der Waals surface area contributed by atoms with E-state index in [9.17, 15) is 9.59 Å². The minimum atomic E-state index is -0.590. The molecule has 3 rings (SSSR count). The van der Waals surface area contributed by atoms with Crippen LogP contribution in [0.1, 0.15) is 18.9 Å². The third kappa shape index (κ3) is 5.31. The number of para-hydroxylation sites is 1. The van der Waals surface area contributed by atoms with Gasteiger partial charge in [0.05, 0.1) is 0 Å².